The minimum absolute atomic E-state index is 0.135. The normalized spacial score (nSPS) is 26.0. The quantitative estimate of drug-likeness (QED) is 0.798. The van der Waals surface area contributed by atoms with Gasteiger partial charge in [0.2, 0.25) is 5.89 Å². The molecule has 1 aliphatic rings. The lowest BCUT2D eigenvalue weighted by Crippen LogP contribution is -2.14. The number of hydrogen-bond acceptors (Lipinski definition) is 5. The molecule has 1 aromatic rings. The van der Waals surface area contributed by atoms with Gasteiger partial charge in [-0.05, 0) is 0 Å². The standard InChI is InChI=1S/C9H14FN3O2/c1-14-3-2-8-12-9(15-13-8)7-4-6(10)5-11-7/h6-7,11H,2-5H2,1H3. The minimum atomic E-state index is -0.815. The van der Waals surface area contributed by atoms with E-state index in [1.54, 1.807) is 7.11 Å². The molecule has 1 fully saturated rings. The lowest BCUT2D eigenvalue weighted by atomic mass is 10.2. The van der Waals surface area contributed by atoms with Gasteiger partial charge in [0.25, 0.3) is 0 Å². The second-order valence-electron chi connectivity index (χ2n) is 3.59. The molecule has 84 valence electrons. The van der Waals surface area contributed by atoms with E-state index in [0.717, 1.165) is 0 Å². The first-order valence-electron chi connectivity index (χ1n) is 4.98. The third-order valence-electron chi connectivity index (χ3n) is 2.39. The predicted molar refractivity (Wildman–Crippen MR) is 50.1 cm³/mol. The summed E-state index contributed by atoms with van der Waals surface area (Å²) in [6.45, 7) is 0.920. The fraction of sp³-hybridized carbons (Fsp3) is 0.778. The molecule has 1 saturated heterocycles. The maximum Gasteiger partial charge on any atom is 0.243 e. The maximum absolute atomic E-state index is 12.9. The number of nitrogens with zero attached hydrogens (tertiary/aromatic N) is 2. The Kier molecular flexibility index (Phi) is 3.27. The predicted octanol–water partition coefficient (Wildman–Crippen LogP) is 0.631. The van der Waals surface area contributed by atoms with E-state index in [9.17, 15) is 4.39 Å². The summed E-state index contributed by atoms with van der Waals surface area (Å²) in [6.07, 6.45) is 0.210. The van der Waals surface area contributed by atoms with Gasteiger partial charge >= 0.3 is 0 Å². The van der Waals surface area contributed by atoms with E-state index in [-0.39, 0.29) is 6.04 Å². The van der Waals surface area contributed by atoms with Crippen LogP contribution < -0.4 is 5.32 Å². The fourth-order valence-electron chi connectivity index (χ4n) is 1.58. The second kappa shape index (κ2) is 4.67. The van der Waals surface area contributed by atoms with Crippen molar-refractivity contribution in [3.8, 4) is 0 Å². The summed E-state index contributed by atoms with van der Waals surface area (Å²) in [6, 6.07) is -0.135. The zero-order valence-corrected chi connectivity index (χ0v) is 8.57. The molecule has 0 saturated carbocycles. The van der Waals surface area contributed by atoms with Crippen molar-refractivity contribution in [2.45, 2.75) is 25.1 Å². The summed E-state index contributed by atoms with van der Waals surface area (Å²) in [7, 11) is 1.62. The van der Waals surface area contributed by atoms with Crippen LogP contribution in [0.15, 0.2) is 4.52 Å². The molecule has 0 aliphatic carbocycles. The topological polar surface area (TPSA) is 60.2 Å². The fourth-order valence-corrected chi connectivity index (χ4v) is 1.58. The van der Waals surface area contributed by atoms with Crippen molar-refractivity contribution in [1.29, 1.82) is 0 Å². The second-order valence-corrected chi connectivity index (χ2v) is 3.59. The SMILES string of the molecule is COCCc1noc(C2CC(F)CN2)n1. The van der Waals surface area contributed by atoms with E-state index in [0.29, 0.717) is 37.7 Å². The van der Waals surface area contributed by atoms with Crippen LogP contribution in [0.4, 0.5) is 4.39 Å². The molecule has 0 radical (unpaired) electrons. The highest BCUT2D eigenvalue weighted by molar-refractivity contribution is 4.97. The average Bonchev–Trinajstić information content (AvgIpc) is 2.83. The number of aromatic nitrogens is 2. The highest BCUT2D eigenvalue weighted by atomic mass is 19.1. The number of alkyl halides is 1. The van der Waals surface area contributed by atoms with Crippen LogP contribution in [-0.2, 0) is 11.2 Å². The van der Waals surface area contributed by atoms with E-state index in [1.165, 1.54) is 0 Å². The summed E-state index contributed by atoms with van der Waals surface area (Å²) in [5, 5.41) is 6.78. The third kappa shape index (κ3) is 2.51. The van der Waals surface area contributed by atoms with Crippen LogP contribution in [-0.4, -0.2) is 36.6 Å². The van der Waals surface area contributed by atoms with Crippen LogP contribution in [0.1, 0.15) is 24.2 Å². The molecule has 1 N–H and O–H groups in total. The first kappa shape index (κ1) is 10.5. The van der Waals surface area contributed by atoms with Gasteiger partial charge in [0.1, 0.15) is 6.17 Å². The van der Waals surface area contributed by atoms with Gasteiger partial charge < -0.3 is 14.6 Å². The lowest BCUT2D eigenvalue weighted by Gasteiger charge is -2.00. The zero-order valence-electron chi connectivity index (χ0n) is 8.57. The van der Waals surface area contributed by atoms with Crippen LogP contribution in [0, 0.1) is 0 Å². The third-order valence-corrected chi connectivity index (χ3v) is 2.39. The Labute approximate surface area is 87.0 Å². The van der Waals surface area contributed by atoms with E-state index >= 15 is 0 Å². The first-order chi connectivity index (χ1) is 7.29. The smallest absolute Gasteiger partial charge is 0.243 e. The van der Waals surface area contributed by atoms with Crippen LogP contribution in [0.2, 0.25) is 0 Å². The average molecular weight is 215 g/mol. The highest BCUT2D eigenvalue weighted by Gasteiger charge is 2.29. The van der Waals surface area contributed by atoms with E-state index in [1.807, 2.05) is 0 Å². The molecule has 2 heterocycles. The molecular weight excluding hydrogens is 201 g/mol. The van der Waals surface area contributed by atoms with E-state index < -0.39 is 6.17 Å². The Balaban J connectivity index is 1.94. The number of rotatable bonds is 4. The van der Waals surface area contributed by atoms with Gasteiger partial charge in [0.15, 0.2) is 5.82 Å². The maximum atomic E-state index is 12.9. The Bertz CT molecular complexity index is 318. The number of halogens is 1. The molecular formula is C9H14FN3O2. The summed E-state index contributed by atoms with van der Waals surface area (Å²) < 4.78 is 22.8. The Morgan fingerprint density at radius 1 is 1.67 bits per heavy atom. The zero-order chi connectivity index (χ0) is 10.7. The molecule has 0 bridgehead atoms. The Morgan fingerprint density at radius 2 is 2.53 bits per heavy atom. The van der Waals surface area contributed by atoms with E-state index in [2.05, 4.69) is 15.5 Å². The van der Waals surface area contributed by atoms with Crippen molar-refractivity contribution in [1.82, 2.24) is 15.5 Å². The van der Waals surface area contributed by atoms with Crippen molar-refractivity contribution in [3.63, 3.8) is 0 Å². The molecule has 2 unspecified atom stereocenters. The molecule has 0 amide bonds. The summed E-state index contributed by atoms with van der Waals surface area (Å²) in [5.74, 6) is 1.08. The molecule has 0 aromatic carbocycles. The monoisotopic (exact) mass is 215 g/mol. The van der Waals surface area contributed by atoms with Crippen molar-refractivity contribution in [2.24, 2.45) is 0 Å². The van der Waals surface area contributed by atoms with E-state index in [4.69, 9.17) is 9.26 Å². The lowest BCUT2D eigenvalue weighted by molar-refractivity contribution is 0.199. The number of hydrogen-bond donors (Lipinski definition) is 1. The van der Waals surface area contributed by atoms with Crippen LogP contribution in [0.3, 0.4) is 0 Å². The summed E-state index contributed by atoms with van der Waals surface area (Å²) in [5.41, 5.74) is 0. The highest BCUT2D eigenvalue weighted by Crippen LogP contribution is 2.23. The largest absolute Gasteiger partial charge is 0.384 e. The number of nitrogens with one attached hydrogen (secondary N) is 1. The van der Waals surface area contributed by atoms with Gasteiger partial charge in [-0.15, -0.1) is 0 Å². The minimum Gasteiger partial charge on any atom is -0.384 e. The van der Waals surface area contributed by atoms with Gasteiger partial charge in [0.05, 0.1) is 12.6 Å². The van der Waals surface area contributed by atoms with Crippen molar-refractivity contribution in [3.05, 3.63) is 11.7 Å². The van der Waals surface area contributed by atoms with Gasteiger partial charge in [0, 0.05) is 26.5 Å². The van der Waals surface area contributed by atoms with Crippen molar-refractivity contribution < 1.29 is 13.7 Å². The van der Waals surface area contributed by atoms with Gasteiger partial charge in [-0.1, -0.05) is 5.16 Å². The molecule has 2 rings (SSSR count). The molecule has 15 heavy (non-hydrogen) atoms. The van der Waals surface area contributed by atoms with Crippen LogP contribution in [0.5, 0.6) is 0 Å². The molecule has 1 aromatic heterocycles. The molecule has 5 nitrogen and oxygen atoms in total. The number of methoxy groups -OCH3 is 1. The van der Waals surface area contributed by atoms with Crippen molar-refractivity contribution >= 4 is 0 Å². The molecule has 1 aliphatic heterocycles. The summed E-state index contributed by atoms with van der Waals surface area (Å²) >= 11 is 0. The number of ether oxygens (including phenoxy) is 1. The van der Waals surface area contributed by atoms with Crippen molar-refractivity contribution in [2.75, 3.05) is 20.3 Å². The van der Waals surface area contributed by atoms with Crippen LogP contribution >= 0.6 is 0 Å². The van der Waals surface area contributed by atoms with Gasteiger partial charge in [-0.25, -0.2) is 4.39 Å². The van der Waals surface area contributed by atoms with Crippen LogP contribution in [0.25, 0.3) is 0 Å². The Hall–Kier alpha value is -1.01. The Morgan fingerprint density at radius 3 is 3.20 bits per heavy atom. The first-order valence-corrected chi connectivity index (χ1v) is 4.98. The van der Waals surface area contributed by atoms with Gasteiger partial charge in [-0.2, -0.15) is 4.98 Å². The van der Waals surface area contributed by atoms with Gasteiger partial charge in [-0.3, -0.25) is 0 Å². The summed E-state index contributed by atoms with van der Waals surface area (Å²) in [4.78, 5) is 4.18. The molecule has 6 heteroatoms. The molecule has 0 spiro atoms. The molecule has 2 atom stereocenters.